The Bertz CT molecular complexity index is 656. The number of hydrogen-bond acceptors (Lipinski definition) is 5. The molecule has 1 aromatic carbocycles. The van der Waals surface area contributed by atoms with Gasteiger partial charge in [0, 0.05) is 57.9 Å². The van der Waals surface area contributed by atoms with E-state index in [9.17, 15) is 9.90 Å². The van der Waals surface area contributed by atoms with E-state index in [-0.39, 0.29) is 23.8 Å². The molecule has 0 bridgehead atoms. The molecule has 0 saturated carbocycles. The largest absolute Gasteiger partial charge is 0.497 e. The van der Waals surface area contributed by atoms with Crippen molar-refractivity contribution < 1.29 is 19.4 Å². The van der Waals surface area contributed by atoms with Crippen LogP contribution in [0.3, 0.4) is 0 Å². The van der Waals surface area contributed by atoms with Crippen LogP contribution in [-0.2, 0) is 4.74 Å². The number of rotatable bonds is 6. The molecule has 0 aromatic heterocycles. The van der Waals surface area contributed by atoms with Crippen molar-refractivity contribution in [1.29, 1.82) is 0 Å². The number of amides is 1. The van der Waals surface area contributed by atoms with E-state index in [1.165, 1.54) is 0 Å². The maximum absolute atomic E-state index is 13.0. The molecule has 2 heterocycles. The molecule has 1 amide bonds. The van der Waals surface area contributed by atoms with Gasteiger partial charge in [0.25, 0.3) is 5.91 Å². The van der Waals surface area contributed by atoms with Crippen LogP contribution in [0.1, 0.15) is 28.8 Å². The van der Waals surface area contributed by atoms with Gasteiger partial charge in [0.1, 0.15) is 5.75 Å². The van der Waals surface area contributed by atoms with Gasteiger partial charge in [-0.1, -0.05) is 0 Å². The Morgan fingerprint density at radius 2 is 2.04 bits per heavy atom. The Morgan fingerprint density at radius 3 is 2.63 bits per heavy atom. The minimum Gasteiger partial charge on any atom is -0.497 e. The summed E-state index contributed by atoms with van der Waals surface area (Å²) in [7, 11) is 3.36. The Balaban J connectivity index is 1.65. The van der Waals surface area contributed by atoms with Crippen molar-refractivity contribution in [2.24, 2.45) is 11.3 Å². The number of hydrogen-bond donors (Lipinski definition) is 1. The number of benzene rings is 1. The van der Waals surface area contributed by atoms with Gasteiger partial charge in [-0.2, -0.15) is 0 Å². The van der Waals surface area contributed by atoms with E-state index in [4.69, 9.17) is 9.47 Å². The highest BCUT2D eigenvalue weighted by Crippen LogP contribution is 2.44. The lowest BCUT2D eigenvalue weighted by Gasteiger charge is -2.42. The summed E-state index contributed by atoms with van der Waals surface area (Å²) in [5.74, 6) is 1.16. The molecule has 0 aliphatic carbocycles. The summed E-state index contributed by atoms with van der Waals surface area (Å²) in [6.45, 7) is 7.20. The van der Waals surface area contributed by atoms with Gasteiger partial charge in [-0.3, -0.25) is 4.79 Å². The molecule has 27 heavy (non-hydrogen) atoms. The molecule has 6 heteroatoms. The van der Waals surface area contributed by atoms with Gasteiger partial charge in [0.05, 0.1) is 13.7 Å². The van der Waals surface area contributed by atoms with Gasteiger partial charge in [0.2, 0.25) is 0 Å². The van der Waals surface area contributed by atoms with Crippen LogP contribution in [0, 0.1) is 18.3 Å². The average Bonchev–Trinajstić information content (AvgIpc) is 3.03. The highest BCUT2D eigenvalue weighted by Gasteiger charge is 2.47. The summed E-state index contributed by atoms with van der Waals surface area (Å²) in [4.78, 5) is 17.4. The number of methoxy groups -OCH3 is 2. The minimum atomic E-state index is 0.0970. The second-order valence-corrected chi connectivity index (χ2v) is 7.94. The number of aryl methyl sites for hydroxylation is 1. The Kier molecular flexibility index (Phi) is 6.40. The number of piperidine rings is 1. The van der Waals surface area contributed by atoms with E-state index in [0.29, 0.717) is 0 Å². The van der Waals surface area contributed by atoms with Crippen LogP contribution in [0.5, 0.6) is 5.75 Å². The molecular weight excluding hydrogens is 344 g/mol. The molecule has 1 atom stereocenters. The van der Waals surface area contributed by atoms with Crippen molar-refractivity contribution in [1.82, 2.24) is 9.80 Å². The molecular formula is C21H32N2O4. The smallest absolute Gasteiger partial charge is 0.254 e. The normalized spacial score (nSPS) is 22.4. The van der Waals surface area contributed by atoms with Crippen molar-refractivity contribution in [3.05, 3.63) is 29.3 Å². The van der Waals surface area contributed by atoms with Crippen molar-refractivity contribution in [2.75, 3.05) is 60.2 Å². The number of carbonyl (C=O) groups is 1. The third-order valence-corrected chi connectivity index (χ3v) is 6.43. The Hall–Kier alpha value is -1.63. The lowest BCUT2D eigenvalue weighted by atomic mass is 9.71. The van der Waals surface area contributed by atoms with Gasteiger partial charge >= 0.3 is 0 Å². The van der Waals surface area contributed by atoms with E-state index >= 15 is 0 Å². The summed E-state index contributed by atoms with van der Waals surface area (Å²) in [5.41, 5.74) is 1.81. The predicted octanol–water partition coefficient (Wildman–Crippen LogP) is 1.80. The van der Waals surface area contributed by atoms with Crippen LogP contribution in [-0.4, -0.2) is 81.0 Å². The molecule has 2 saturated heterocycles. The zero-order chi connectivity index (χ0) is 19.4. The zero-order valence-electron chi connectivity index (χ0n) is 16.7. The highest BCUT2D eigenvalue weighted by atomic mass is 16.5. The predicted molar refractivity (Wildman–Crippen MR) is 104 cm³/mol. The number of carbonyl (C=O) groups excluding carboxylic acids is 1. The third kappa shape index (κ3) is 4.13. The van der Waals surface area contributed by atoms with Gasteiger partial charge in [0.15, 0.2) is 0 Å². The third-order valence-electron chi connectivity index (χ3n) is 6.43. The first-order valence-corrected chi connectivity index (χ1v) is 9.79. The van der Waals surface area contributed by atoms with Gasteiger partial charge < -0.3 is 24.4 Å². The summed E-state index contributed by atoms with van der Waals surface area (Å²) < 4.78 is 10.4. The van der Waals surface area contributed by atoms with E-state index in [1.54, 1.807) is 14.2 Å². The Morgan fingerprint density at radius 1 is 1.30 bits per heavy atom. The summed E-state index contributed by atoms with van der Waals surface area (Å²) in [6.07, 6.45) is 1.89. The molecule has 6 nitrogen and oxygen atoms in total. The molecule has 150 valence electrons. The summed E-state index contributed by atoms with van der Waals surface area (Å²) in [5, 5.41) is 9.92. The lowest BCUT2D eigenvalue weighted by molar-refractivity contribution is 0.0398. The van der Waals surface area contributed by atoms with Gasteiger partial charge in [-0.15, -0.1) is 0 Å². The first kappa shape index (κ1) is 20.1. The molecule has 2 fully saturated rings. The fourth-order valence-corrected chi connectivity index (χ4v) is 4.68. The molecule has 1 aromatic rings. The number of aliphatic hydroxyl groups is 1. The topological polar surface area (TPSA) is 62.2 Å². The van der Waals surface area contributed by atoms with E-state index in [1.807, 2.05) is 30.0 Å². The first-order chi connectivity index (χ1) is 13.0. The van der Waals surface area contributed by atoms with Gasteiger partial charge in [-0.05, 0) is 48.9 Å². The van der Waals surface area contributed by atoms with Crippen molar-refractivity contribution in [3.63, 3.8) is 0 Å². The monoisotopic (exact) mass is 376 g/mol. The van der Waals surface area contributed by atoms with Crippen molar-refractivity contribution >= 4 is 5.91 Å². The zero-order valence-corrected chi connectivity index (χ0v) is 16.7. The molecule has 1 unspecified atom stereocenters. The maximum atomic E-state index is 13.0. The van der Waals surface area contributed by atoms with Crippen LogP contribution in [0.2, 0.25) is 0 Å². The lowest BCUT2D eigenvalue weighted by Crippen LogP contribution is -2.47. The van der Waals surface area contributed by atoms with Crippen LogP contribution in [0.25, 0.3) is 0 Å². The fraction of sp³-hybridized carbons (Fsp3) is 0.667. The number of likely N-dealkylation sites (tertiary alicyclic amines) is 2. The second kappa shape index (κ2) is 8.59. The highest BCUT2D eigenvalue weighted by molar-refractivity contribution is 5.95. The summed E-state index contributed by atoms with van der Waals surface area (Å²) >= 11 is 0. The maximum Gasteiger partial charge on any atom is 0.254 e. The first-order valence-electron chi connectivity index (χ1n) is 9.79. The number of nitrogens with zero attached hydrogens (tertiary/aromatic N) is 2. The van der Waals surface area contributed by atoms with Crippen LogP contribution < -0.4 is 4.74 Å². The molecule has 0 radical (unpaired) electrons. The fourth-order valence-electron chi connectivity index (χ4n) is 4.68. The van der Waals surface area contributed by atoms with Gasteiger partial charge in [-0.25, -0.2) is 0 Å². The number of aliphatic hydroxyl groups excluding tert-OH is 1. The van der Waals surface area contributed by atoms with Crippen LogP contribution >= 0.6 is 0 Å². The van der Waals surface area contributed by atoms with E-state index in [2.05, 4.69) is 4.90 Å². The molecule has 1 N–H and O–H groups in total. The van der Waals surface area contributed by atoms with Crippen LogP contribution in [0.15, 0.2) is 18.2 Å². The quantitative estimate of drug-likeness (QED) is 0.820. The Labute approximate surface area is 162 Å². The molecule has 2 aliphatic heterocycles. The summed E-state index contributed by atoms with van der Waals surface area (Å²) in [6, 6.07) is 5.61. The van der Waals surface area contributed by atoms with Crippen LogP contribution in [0.4, 0.5) is 0 Å². The standard InChI is InChI=1S/C21H32N2O4/c1-16-12-18(27-3)4-5-19(16)20(25)23-8-6-21(7-9-23)15-22(10-11-26-2)13-17(21)14-24/h4-5,12,17,24H,6-11,13-15H2,1-3H3. The van der Waals surface area contributed by atoms with E-state index < -0.39 is 0 Å². The van der Waals surface area contributed by atoms with E-state index in [0.717, 1.165) is 69.0 Å². The molecule has 2 aliphatic rings. The minimum absolute atomic E-state index is 0.0970. The molecule has 1 spiro atoms. The van der Waals surface area contributed by atoms with Crippen molar-refractivity contribution in [3.8, 4) is 5.75 Å². The van der Waals surface area contributed by atoms with Crippen molar-refractivity contribution in [2.45, 2.75) is 19.8 Å². The number of ether oxygens (including phenoxy) is 2. The second-order valence-electron chi connectivity index (χ2n) is 7.94. The SMILES string of the molecule is COCCN1CC(CO)C2(CCN(C(=O)c3ccc(OC)cc3C)CC2)C1. The average molecular weight is 376 g/mol. The molecule has 3 rings (SSSR count).